The van der Waals surface area contributed by atoms with Gasteiger partial charge >= 0.3 is 0 Å². The van der Waals surface area contributed by atoms with E-state index in [-0.39, 0.29) is 10.9 Å². The van der Waals surface area contributed by atoms with Gasteiger partial charge in [0.2, 0.25) is 0 Å². The topological polar surface area (TPSA) is 92.1 Å². The third kappa shape index (κ3) is 6.81. The summed E-state index contributed by atoms with van der Waals surface area (Å²) in [5, 5.41) is 8.89. The Morgan fingerprint density at radius 1 is 1.38 bits per heavy atom. The molecule has 2 rings (SSSR count). The van der Waals surface area contributed by atoms with Crippen molar-refractivity contribution in [2.24, 2.45) is 5.73 Å². The Morgan fingerprint density at radius 3 is 2.85 bits per heavy atom. The van der Waals surface area contributed by atoms with Crippen molar-refractivity contribution in [1.29, 1.82) is 0 Å². The minimum absolute atomic E-state index is 0.00384. The van der Waals surface area contributed by atoms with Crippen molar-refractivity contribution in [1.82, 2.24) is 10.3 Å². The molecule has 0 aliphatic rings. The molecular formula is C16H23ClFN5OS2. The zero-order chi connectivity index (χ0) is 18.9. The first-order valence-corrected chi connectivity index (χ1v) is 10.6. The lowest BCUT2D eigenvalue weighted by Gasteiger charge is -2.12. The number of nitrogens with zero attached hydrogens (tertiary/aromatic N) is 1. The van der Waals surface area contributed by atoms with Gasteiger partial charge in [-0.3, -0.25) is 4.72 Å². The molecule has 2 atom stereocenters. The lowest BCUT2D eigenvalue weighted by Crippen LogP contribution is -2.31. The summed E-state index contributed by atoms with van der Waals surface area (Å²) in [7, 11) is -1.77. The van der Waals surface area contributed by atoms with Crippen LogP contribution in [0.25, 0.3) is 0 Å². The molecule has 1 heterocycles. The Morgan fingerprint density at radius 2 is 2.15 bits per heavy atom. The van der Waals surface area contributed by atoms with E-state index in [9.17, 15) is 8.60 Å². The summed E-state index contributed by atoms with van der Waals surface area (Å²) in [5.41, 5.74) is 6.15. The summed E-state index contributed by atoms with van der Waals surface area (Å²) in [6.45, 7) is 4.29. The maximum atomic E-state index is 14.3. The molecule has 0 saturated carbocycles. The molecule has 0 saturated heterocycles. The molecule has 1 aromatic heterocycles. The van der Waals surface area contributed by atoms with E-state index in [2.05, 4.69) is 20.3 Å². The van der Waals surface area contributed by atoms with Crippen molar-refractivity contribution < 1.29 is 8.60 Å². The Kier molecular flexibility index (Phi) is 8.73. The lowest BCUT2D eigenvalue weighted by atomic mass is 10.2. The van der Waals surface area contributed by atoms with Crippen LogP contribution < -0.4 is 21.1 Å². The first kappa shape index (κ1) is 21.0. The minimum Gasteiger partial charge on any atom is -0.384 e. The van der Waals surface area contributed by atoms with Gasteiger partial charge in [0.1, 0.15) is 5.82 Å². The molecule has 0 aliphatic carbocycles. The monoisotopic (exact) mass is 419 g/mol. The average molecular weight is 420 g/mol. The number of rotatable bonds is 11. The van der Waals surface area contributed by atoms with Gasteiger partial charge < -0.3 is 16.4 Å². The van der Waals surface area contributed by atoms with Crippen LogP contribution in [0.2, 0.25) is 5.02 Å². The fourth-order valence-corrected chi connectivity index (χ4v) is 4.01. The van der Waals surface area contributed by atoms with Gasteiger partial charge in [-0.15, -0.1) is 11.3 Å². The van der Waals surface area contributed by atoms with Crippen LogP contribution in [0.5, 0.6) is 0 Å². The van der Waals surface area contributed by atoms with Crippen LogP contribution in [0.15, 0.2) is 28.6 Å². The maximum Gasteiger partial charge on any atom is 0.194 e. The lowest BCUT2D eigenvalue weighted by molar-refractivity contribution is 0.582. The summed E-state index contributed by atoms with van der Waals surface area (Å²) in [4.78, 5) is 3.96. The van der Waals surface area contributed by atoms with E-state index in [1.54, 1.807) is 11.6 Å². The second kappa shape index (κ2) is 10.8. The van der Waals surface area contributed by atoms with E-state index in [1.165, 1.54) is 23.5 Å². The van der Waals surface area contributed by atoms with Gasteiger partial charge in [0.05, 0.1) is 15.6 Å². The molecule has 10 heteroatoms. The maximum absolute atomic E-state index is 14.3. The van der Waals surface area contributed by atoms with E-state index >= 15 is 0 Å². The molecule has 2 aromatic rings. The molecule has 6 nitrogen and oxygen atoms in total. The van der Waals surface area contributed by atoms with Crippen LogP contribution in [-0.4, -0.2) is 34.9 Å². The molecule has 26 heavy (non-hydrogen) atoms. The number of benzene rings is 1. The highest BCUT2D eigenvalue weighted by molar-refractivity contribution is 7.86. The van der Waals surface area contributed by atoms with Crippen molar-refractivity contribution in [3.63, 3.8) is 0 Å². The number of halogens is 2. The zero-order valence-electron chi connectivity index (χ0n) is 14.4. The largest absolute Gasteiger partial charge is 0.384 e. The fourth-order valence-electron chi connectivity index (χ4n) is 2.14. The quantitative estimate of drug-likeness (QED) is 0.420. The van der Waals surface area contributed by atoms with Crippen molar-refractivity contribution >= 4 is 44.7 Å². The van der Waals surface area contributed by atoms with Crippen LogP contribution in [0.3, 0.4) is 0 Å². The number of nitrogens with two attached hydrogens (primary N) is 1. The van der Waals surface area contributed by atoms with Crippen molar-refractivity contribution in [3.05, 3.63) is 34.5 Å². The first-order chi connectivity index (χ1) is 12.5. The molecule has 0 radical (unpaired) electrons. The molecule has 0 fully saturated rings. The average Bonchev–Trinajstić information content (AvgIpc) is 3.09. The molecule has 1 aromatic carbocycles. The molecule has 0 spiro atoms. The van der Waals surface area contributed by atoms with Crippen LogP contribution in [0.1, 0.15) is 19.8 Å². The van der Waals surface area contributed by atoms with Gasteiger partial charge in [-0.2, -0.15) is 0 Å². The van der Waals surface area contributed by atoms with E-state index in [0.29, 0.717) is 22.4 Å². The zero-order valence-corrected chi connectivity index (χ0v) is 16.8. The number of unbranched alkanes of at least 4 members (excludes halogenated alkanes) is 1. The Balaban J connectivity index is 1.83. The molecule has 5 N–H and O–H groups in total. The van der Waals surface area contributed by atoms with E-state index in [1.807, 2.05) is 6.92 Å². The van der Waals surface area contributed by atoms with Gasteiger partial charge in [0.15, 0.2) is 16.1 Å². The SMILES string of the molecule is C[C@H](N)CNCCCCNc1cc(F)c(S(=O)Nc2nccs2)cc1Cl. The van der Waals surface area contributed by atoms with Crippen LogP contribution in [-0.2, 0) is 11.0 Å². The van der Waals surface area contributed by atoms with Gasteiger partial charge in [0.25, 0.3) is 0 Å². The van der Waals surface area contributed by atoms with Gasteiger partial charge in [0, 0.05) is 30.7 Å². The summed E-state index contributed by atoms with van der Waals surface area (Å²) in [6, 6.07) is 2.79. The number of hydrogen-bond acceptors (Lipinski definition) is 6. The number of thiazole rings is 1. The Bertz CT molecular complexity index is 715. The van der Waals surface area contributed by atoms with E-state index in [0.717, 1.165) is 25.9 Å². The smallest absolute Gasteiger partial charge is 0.194 e. The van der Waals surface area contributed by atoms with Crippen molar-refractivity contribution in [2.75, 3.05) is 29.7 Å². The summed E-state index contributed by atoms with van der Waals surface area (Å²) in [6.07, 6.45) is 3.45. The Labute approximate surface area is 164 Å². The third-order valence-corrected chi connectivity index (χ3v) is 5.62. The van der Waals surface area contributed by atoms with Gasteiger partial charge in [-0.1, -0.05) is 11.6 Å². The van der Waals surface area contributed by atoms with Crippen molar-refractivity contribution in [2.45, 2.75) is 30.7 Å². The van der Waals surface area contributed by atoms with Crippen LogP contribution in [0, 0.1) is 5.82 Å². The molecular weight excluding hydrogens is 397 g/mol. The first-order valence-electron chi connectivity index (χ1n) is 8.24. The summed E-state index contributed by atoms with van der Waals surface area (Å²) in [5.74, 6) is -0.585. The highest BCUT2D eigenvalue weighted by Crippen LogP contribution is 2.28. The summed E-state index contributed by atoms with van der Waals surface area (Å²) < 4.78 is 29.2. The fraction of sp³-hybridized carbons (Fsp3) is 0.438. The van der Waals surface area contributed by atoms with Gasteiger partial charge in [-0.25, -0.2) is 13.6 Å². The normalized spacial score (nSPS) is 13.4. The van der Waals surface area contributed by atoms with Crippen LogP contribution in [0.4, 0.5) is 15.2 Å². The van der Waals surface area contributed by atoms with E-state index < -0.39 is 16.8 Å². The number of hydrogen-bond donors (Lipinski definition) is 4. The second-order valence-corrected chi connectivity index (χ2v) is 8.27. The summed E-state index contributed by atoms with van der Waals surface area (Å²) >= 11 is 7.48. The van der Waals surface area contributed by atoms with E-state index in [4.69, 9.17) is 17.3 Å². The predicted molar refractivity (Wildman–Crippen MR) is 108 cm³/mol. The Hall–Kier alpha value is -1.26. The molecule has 0 aliphatic heterocycles. The van der Waals surface area contributed by atoms with Crippen molar-refractivity contribution in [3.8, 4) is 0 Å². The van der Waals surface area contributed by atoms with Gasteiger partial charge in [-0.05, 0) is 38.4 Å². The van der Waals surface area contributed by atoms with Crippen LogP contribution >= 0.6 is 22.9 Å². The molecule has 0 bridgehead atoms. The number of nitrogens with one attached hydrogen (secondary N) is 3. The molecule has 1 unspecified atom stereocenters. The highest BCUT2D eigenvalue weighted by Gasteiger charge is 2.15. The number of anilines is 2. The highest BCUT2D eigenvalue weighted by atomic mass is 35.5. The molecule has 0 amide bonds. The third-order valence-electron chi connectivity index (χ3n) is 3.40. The standard InChI is InChI=1S/C16H23ClFN5OS2/c1-11(19)10-20-4-2-3-5-21-14-9-13(18)15(8-12(14)17)26(24)23-16-22-6-7-25-16/h6-9,11,20-21H,2-5,10,19H2,1H3,(H,22,23)/t11-,26?/m0/s1. The molecule has 144 valence electrons. The minimum atomic E-state index is -1.77. The second-order valence-electron chi connectivity index (χ2n) is 5.79. The predicted octanol–water partition coefficient (Wildman–Crippen LogP) is 3.20. The number of aromatic nitrogens is 1.